The molecule has 1 unspecified atom stereocenters. The Morgan fingerprint density at radius 3 is 2.14 bits per heavy atom. The third kappa shape index (κ3) is 10.6. The summed E-state index contributed by atoms with van der Waals surface area (Å²) in [6.07, 6.45) is 5.74. The van der Waals surface area contributed by atoms with Crippen LogP contribution in [0.3, 0.4) is 0 Å². The number of carbonyl (C=O) groups excluding carboxylic acids is 2. The second kappa shape index (κ2) is 11.9. The SMILES string of the molecule is CCCCCCCC(=O)OCC(C)(CO)COC(=O)CS. The molecule has 0 rings (SSSR count). The number of hydrogen-bond donors (Lipinski definition) is 2. The van der Waals surface area contributed by atoms with Crippen LogP contribution in [0.2, 0.25) is 0 Å². The standard InChI is InChI=1S/C15H28O5S/c1-3-4-5-6-7-8-13(17)19-11-15(2,10-16)12-20-14(18)9-21/h16,21H,3-12H2,1-2H3. The van der Waals surface area contributed by atoms with E-state index in [4.69, 9.17) is 9.47 Å². The highest BCUT2D eigenvalue weighted by Gasteiger charge is 2.27. The van der Waals surface area contributed by atoms with Gasteiger partial charge in [0.05, 0.1) is 17.8 Å². The number of aliphatic hydroxyl groups is 1. The summed E-state index contributed by atoms with van der Waals surface area (Å²) in [7, 11) is 0. The molecule has 0 saturated heterocycles. The van der Waals surface area contributed by atoms with Gasteiger partial charge in [-0.1, -0.05) is 39.5 Å². The minimum atomic E-state index is -0.767. The van der Waals surface area contributed by atoms with Crippen molar-refractivity contribution < 1.29 is 24.2 Å². The number of aliphatic hydroxyl groups excluding tert-OH is 1. The summed E-state index contributed by atoms with van der Waals surface area (Å²) in [5, 5.41) is 9.36. The van der Waals surface area contributed by atoms with E-state index in [2.05, 4.69) is 19.6 Å². The smallest absolute Gasteiger partial charge is 0.315 e. The van der Waals surface area contributed by atoms with Crippen molar-refractivity contribution in [3.63, 3.8) is 0 Å². The molecule has 124 valence electrons. The third-order valence-electron chi connectivity index (χ3n) is 3.16. The highest BCUT2D eigenvalue weighted by atomic mass is 32.1. The molecule has 0 bridgehead atoms. The van der Waals surface area contributed by atoms with Crippen LogP contribution in [0.4, 0.5) is 0 Å². The van der Waals surface area contributed by atoms with E-state index >= 15 is 0 Å². The normalized spacial score (nSPS) is 13.5. The van der Waals surface area contributed by atoms with Crippen molar-refractivity contribution in [3.05, 3.63) is 0 Å². The van der Waals surface area contributed by atoms with Gasteiger partial charge >= 0.3 is 11.9 Å². The molecule has 0 aliphatic rings. The molecule has 1 N–H and O–H groups in total. The van der Waals surface area contributed by atoms with Crippen LogP contribution < -0.4 is 0 Å². The zero-order valence-corrected chi connectivity index (χ0v) is 14.0. The first-order valence-corrected chi connectivity index (χ1v) is 8.13. The molecule has 0 fully saturated rings. The van der Waals surface area contributed by atoms with Gasteiger partial charge in [-0.25, -0.2) is 0 Å². The Bertz CT molecular complexity index is 308. The molecule has 0 radical (unpaired) electrons. The van der Waals surface area contributed by atoms with Crippen molar-refractivity contribution in [2.24, 2.45) is 5.41 Å². The molecule has 0 spiro atoms. The topological polar surface area (TPSA) is 72.8 Å². The quantitative estimate of drug-likeness (QED) is 0.328. The molecule has 0 amide bonds. The lowest BCUT2D eigenvalue weighted by molar-refractivity contribution is -0.153. The Morgan fingerprint density at radius 1 is 1.05 bits per heavy atom. The molecule has 0 aliphatic carbocycles. The van der Waals surface area contributed by atoms with E-state index in [0.29, 0.717) is 6.42 Å². The number of rotatable bonds is 12. The summed E-state index contributed by atoms with van der Waals surface area (Å²) in [4.78, 5) is 22.7. The number of ether oxygens (including phenoxy) is 2. The lowest BCUT2D eigenvalue weighted by Crippen LogP contribution is -2.35. The predicted octanol–water partition coefficient (Wildman–Crippen LogP) is 2.36. The highest BCUT2D eigenvalue weighted by Crippen LogP contribution is 2.17. The average Bonchev–Trinajstić information content (AvgIpc) is 2.50. The van der Waals surface area contributed by atoms with E-state index in [1.54, 1.807) is 6.92 Å². The van der Waals surface area contributed by atoms with E-state index < -0.39 is 11.4 Å². The molecule has 0 saturated carbocycles. The summed E-state index contributed by atoms with van der Waals surface area (Å²) < 4.78 is 10.1. The first-order chi connectivity index (χ1) is 9.97. The second-order valence-corrected chi connectivity index (χ2v) is 5.93. The van der Waals surface area contributed by atoms with Gasteiger partial charge in [0.2, 0.25) is 0 Å². The number of esters is 2. The lowest BCUT2D eigenvalue weighted by Gasteiger charge is -2.26. The van der Waals surface area contributed by atoms with E-state index in [9.17, 15) is 14.7 Å². The van der Waals surface area contributed by atoms with Crippen LogP contribution in [-0.4, -0.2) is 42.6 Å². The zero-order valence-electron chi connectivity index (χ0n) is 13.1. The molecule has 1 atom stereocenters. The van der Waals surface area contributed by atoms with Gasteiger partial charge in [-0.15, -0.1) is 0 Å². The molecular weight excluding hydrogens is 292 g/mol. The number of unbranched alkanes of at least 4 members (excludes halogenated alkanes) is 4. The van der Waals surface area contributed by atoms with Gasteiger partial charge in [0.25, 0.3) is 0 Å². The fourth-order valence-corrected chi connectivity index (χ4v) is 1.72. The van der Waals surface area contributed by atoms with Crippen LogP contribution in [0, 0.1) is 5.41 Å². The largest absolute Gasteiger partial charge is 0.465 e. The van der Waals surface area contributed by atoms with Crippen molar-refractivity contribution >= 4 is 24.6 Å². The third-order valence-corrected chi connectivity index (χ3v) is 3.42. The summed E-state index contributed by atoms with van der Waals surface area (Å²) in [6.45, 7) is 3.66. The fourth-order valence-electron chi connectivity index (χ4n) is 1.63. The molecule has 21 heavy (non-hydrogen) atoms. The maximum Gasteiger partial charge on any atom is 0.315 e. The molecule has 0 aromatic heterocycles. The minimum Gasteiger partial charge on any atom is -0.465 e. The van der Waals surface area contributed by atoms with Gasteiger partial charge in [0, 0.05) is 6.42 Å². The highest BCUT2D eigenvalue weighted by molar-refractivity contribution is 7.81. The summed E-state index contributed by atoms with van der Waals surface area (Å²) in [5.74, 6) is -0.744. The Balaban J connectivity index is 3.91. The van der Waals surface area contributed by atoms with E-state index in [1.807, 2.05) is 0 Å². The minimum absolute atomic E-state index is 0.00662. The Morgan fingerprint density at radius 2 is 1.62 bits per heavy atom. The van der Waals surface area contributed by atoms with Gasteiger partial charge in [-0.3, -0.25) is 9.59 Å². The lowest BCUT2D eigenvalue weighted by atomic mass is 9.94. The van der Waals surface area contributed by atoms with E-state index in [1.165, 1.54) is 12.8 Å². The molecule has 5 nitrogen and oxygen atoms in total. The zero-order chi connectivity index (χ0) is 16.1. The van der Waals surface area contributed by atoms with Crippen molar-refractivity contribution in [2.75, 3.05) is 25.6 Å². The van der Waals surface area contributed by atoms with Gasteiger partial charge in [-0.05, 0) is 6.42 Å². The molecule has 0 aromatic carbocycles. The maximum absolute atomic E-state index is 11.6. The molecule has 0 aliphatic heterocycles. The van der Waals surface area contributed by atoms with Crippen LogP contribution >= 0.6 is 12.6 Å². The number of hydrogen-bond acceptors (Lipinski definition) is 6. The Hall–Kier alpha value is -0.750. The Kier molecular flexibility index (Phi) is 11.4. The van der Waals surface area contributed by atoms with E-state index in [0.717, 1.165) is 19.3 Å². The number of carbonyl (C=O) groups is 2. The van der Waals surface area contributed by atoms with Crippen LogP contribution in [-0.2, 0) is 19.1 Å². The van der Waals surface area contributed by atoms with Crippen molar-refractivity contribution in [2.45, 2.75) is 52.4 Å². The first-order valence-electron chi connectivity index (χ1n) is 7.50. The maximum atomic E-state index is 11.6. The van der Waals surface area contributed by atoms with Gasteiger partial charge in [-0.2, -0.15) is 12.6 Å². The Labute approximate surface area is 132 Å². The fraction of sp³-hybridized carbons (Fsp3) is 0.867. The summed E-state index contributed by atoms with van der Waals surface area (Å²) in [5.41, 5.74) is -0.767. The average molecular weight is 320 g/mol. The van der Waals surface area contributed by atoms with E-state index in [-0.39, 0.29) is 31.5 Å². The molecule has 0 heterocycles. The van der Waals surface area contributed by atoms with Crippen LogP contribution in [0.5, 0.6) is 0 Å². The molecular formula is C15H28O5S. The van der Waals surface area contributed by atoms with Gasteiger partial charge < -0.3 is 14.6 Å². The number of thiol groups is 1. The summed E-state index contributed by atoms with van der Waals surface area (Å²) >= 11 is 3.80. The van der Waals surface area contributed by atoms with Crippen LogP contribution in [0.25, 0.3) is 0 Å². The van der Waals surface area contributed by atoms with Gasteiger partial charge in [0.15, 0.2) is 0 Å². The van der Waals surface area contributed by atoms with Crippen LogP contribution in [0.15, 0.2) is 0 Å². The first kappa shape index (κ1) is 20.2. The summed E-state index contributed by atoms with van der Waals surface area (Å²) in [6, 6.07) is 0. The van der Waals surface area contributed by atoms with Crippen molar-refractivity contribution in [3.8, 4) is 0 Å². The predicted molar refractivity (Wildman–Crippen MR) is 84.3 cm³/mol. The van der Waals surface area contributed by atoms with Crippen LogP contribution in [0.1, 0.15) is 52.4 Å². The molecule has 6 heteroatoms. The second-order valence-electron chi connectivity index (χ2n) is 5.61. The monoisotopic (exact) mass is 320 g/mol. The van der Waals surface area contributed by atoms with Crippen molar-refractivity contribution in [1.29, 1.82) is 0 Å². The van der Waals surface area contributed by atoms with Crippen molar-refractivity contribution in [1.82, 2.24) is 0 Å². The van der Waals surface area contributed by atoms with Gasteiger partial charge in [0.1, 0.15) is 13.2 Å². The molecule has 0 aromatic rings.